The van der Waals surface area contributed by atoms with E-state index in [-0.39, 0.29) is 18.1 Å². The molecule has 0 unspecified atom stereocenters. The maximum absolute atomic E-state index is 12.3. The van der Waals surface area contributed by atoms with Gasteiger partial charge in [-0.3, -0.25) is 9.69 Å². The highest BCUT2D eigenvalue weighted by Crippen LogP contribution is 2.43. The highest BCUT2D eigenvalue weighted by atomic mass is 16.3. The van der Waals surface area contributed by atoms with Crippen LogP contribution in [0.15, 0.2) is 24.3 Å². The van der Waals surface area contributed by atoms with Gasteiger partial charge in [0.15, 0.2) is 0 Å². The quantitative estimate of drug-likeness (QED) is 0.810. The Balaban J connectivity index is 1.55. The van der Waals surface area contributed by atoms with Crippen LogP contribution >= 0.6 is 0 Å². The number of carbonyl (C=O) groups is 1. The third-order valence-electron chi connectivity index (χ3n) is 5.06. The summed E-state index contributed by atoms with van der Waals surface area (Å²) in [4.78, 5) is 14.6. The van der Waals surface area contributed by atoms with Gasteiger partial charge in [0.25, 0.3) is 0 Å². The molecule has 120 valence electrons. The number of hydrogen-bond acceptors (Lipinski definition) is 3. The van der Waals surface area contributed by atoms with Gasteiger partial charge < -0.3 is 10.4 Å². The Morgan fingerprint density at radius 1 is 1.41 bits per heavy atom. The maximum Gasteiger partial charge on any atom is 0.234 e. The molecule has 0 atom stereocenters. The molecule has 22 heavy (non-hydrogen) atoms. The molecule has 0 aromatic heterocycles. The Labute approximate surface area is 132 Å². The molecule has 2 saturated carbocycles. The van der Waals surface area contributed by atoms with Gasteiger partial charge in [0.2, 0.25) is 5.91 Å². The van der Waals surface area contributed by atoms with E-state index in [0.29, 0.717) is 19.1 Å². The second kappa shape index (κ2) is 6.39. The number of aliphatic hydroxyl groups excluding tert-OH is 1. The Hall–Kier alpha value is -1.39. The molecule has 0 heterocycles. The molecular formula is C18H26N2O2. The van der Waals surface area contributed by atoms with Crippen molar-refractivity contribution in [1.82, 2.24) is 10.2 Å². The van der Waals surface area contributed by atoms with Crippen molar-refractivity contribution in [2.75, 3.05) is 13.2 Å². The van der Waals surface area contributed by atoms with Crippen molar-refractivity contribution in [2.24, 2.45) is 0 Å². The number of carbonyl (C=O) groups excluding carboxylic acids is 1. The Morgan fingerprint density at radius 3 is 2.73 bits per heavy atom. The molecule has 3 rings (SSSR count). The largest absolute Gasteiger partial charge is 0.394 e. The molecule has 0 saturated heterocycles. The van der Waals surface area contributed by atoms with Gasteiger partial charge in [0.05, 0.1) is 13.2 Å². The molecule has 4 nitrogen and oxygen atoms in total. The number of nitrogens with zero attached hydrogens (tertiary/aromatic N) is 1. The van der Waals surface area contributed by atoms with Crippen LogP contribution in [0.4, 0.5) is 0 Å². The molecule has 0 radical (unpaired) electrons. The first kappa shape index (κ1) is 15.5. The van der Waals surface area contributed by atoms with E-state index in [2.05, 4.69) is 29.3 Å². The minimum atomic E-state index is -0.123. The van der Waals surface area contributed by atoms with E-state index in [1.165, 1.54) is 5.56 Å². The van der Waals surface area contributed by atoms with Gasteiger partial charge in [-0.05, 0) is 44.6 Å². The molecule has 4 heteroatoms. The van der Waals surface area contributed by atoms with Gasteiger partial charge in [-0.15, -0.1) is 0 Å². The van der Waals surface area contributed by atoms with E-state index < -0.39 is 0 Å². The summed E-state index contributed by atoms with van der Waals surface area (Å²) in [5.74, 6) is 0.0631. The zero-order chi connectivity index (χ0) is 15.6. The minimum Gasteiger partial charge on any atom is -0.394 e. The van der Waals surface area contributed by atoms with Crippen LogP contribution in [0.2, 0.25) is 0 Å². The van der Waals surface area contributed by atoms with E-state index in [4.69, 9.17) is 0 Å². The van der Waals surface area contributed by atoms with Crippen LogP contribution in [0.25, 0.3) is 0 Å². The molecule has 0 bridgehead atoms. The van der Waals surface area contributed by atoms with Gasteiger partial charge in [0.1, 0.15) is 0 Å². The first-order chi connectivity index (χ1) is 10.6. The SMILES string of the molecule is Cc1cccc(CNC(=O)CN(C2CC2)C2(CO)CCC2)c1. The Bertz CT molecular complexity index is 530. The van der Waals surface area contributed by atoms with Crippen molar-refractivity contribution >= 4 is 5.91 Å². The summed E-state index contributed by atoms with van der Waals surface area (Å²) in [7, 11) is 0. The standard InChI is InChI=1S/C18H26N2O2/c1-14-4-2-5-15(10-14)11-19-17(22)12-20(16-6-7-16)18(13-21)8-3-9-18/h2,4-5,10,16,21H,3,6-9,11-13H2,1H3,(H,19,22). The number of aryl methyl sites for hydroxylation is 1. The fraction of sp³-hybridized carbons (Fsp3) is 0.611. The number of rotatable bonds is 7. The average Bonchev–Trinajstić information content (AvgIpc) is 3.28. The molecule has 1 aromatic rings. The fourth-order valence-electron chi connectivity index (χ4n) is 3.42. The van der Waals surface area contributed by atoms with Gasteiger partial charge in [-0.2, -0.15) is 0 Å². The molecule has 0 aliphatic heterocycles. The lowest BCUT2D eigenvalue weighted by Gasteiger charge is -2.49. The predicted molar refractivity (Wildman–Crippen MR) is 86.4 cm³/mol. The number of hydrogen-bond donors (Lipinski definition) is 2. The molecule has 2 fully saturated rings. The summed E-state index contributed by atoms with van der Waals surface area (Å²) in [5.41, 5.74) is 2.22. The summed E-state index contributed by atoms with van der Waals surface area (Å²) >= 11 is 0. The molecular weight excluding hydrogens is 276 g/mol. The van der Waals surface area contributed by atoms with Crippen molar-refractivity contribution in [1.29, 1.82) is 0 Å². The van der Waals surface area contributed by atoms with E-state index in [0.717, 1.165) is 37.7 Å². The zero-order valence-electron chi connectivity index (χ0n) is 13.3. The summed E-state index contributed by atoms with van der Waals surface area (Å²) in [5, 5.41) is 12.8. The maximum atomic E-state index is 12.3. The summed E-state index contributed by atoms with van der Waals surface area (Å²) in [6.07, 6.45) is 5.52. The summed E-state index contributed by atoms with van der Waals surface area (Å²) < 4.78 is 0. The van der Waals surface area contributed by atoms with E-state index in [9.17, 15) is 9.90 Å². The van der Waals surface area contributed by atoms with Crippen LogP contribution in [0.5, 0.6) is 0 Å². The van der Waals surface area contributed by atoms with Crippen LogP contribution in [-0.4, -0.2) is 40.6 Å². The monoisotopic (exact) mass is 302 g/mol. The number of amides is 1. The summed E-state index contributed by atoms with van der Waals surface area (Å²) in [6.45, 7) is 3.22. The fourth-order valence-corrected chi connectivity index (χ4v) is 3.42. The average molecular weight is 302 g/mol. The lowest BCUT2D eigenvalue weighted by Crippen LogP contribution is -2.59. The number of nitrogens with one attached hydrogen (secondary N) is 1. The third kappa shape index (κ3) is 3.33. The van der Waals surface area contributed by atoms with E-state index in [1.54, 1.807) is 0 Å². The van der Waals surface area contributed by atoms with Gasteiger partial charge in [-0.1, -0.05) is 29.8 Å². The zero-order valence-corrected chi connectivity index (χ0v) is 13.3. The van der Waals surface area contributed by atoms with Crippen LogP contribution in [-0.2, 0) is 11.3 Å². The third-order valence-corrected chi connectivity index (χ3v) is 5.06. The molecule has 1 aromatic carbocycles. The molecule has 1 amide bonds. The van der Waals surface area contributed by atoms with Crippen LogP contribution in [0.3, 0.4) is 0 Å². The van der Waals surface area contributed by atoms with Crippen molar-refractivity contribution in [3.63, 3.8) is 0 Å². The first-order valence-electron chi connectivity index (χ1n) is 8.33. The molecule has 2 N–H and O–H groups in total. The van der Waals surface area contributed by atoms with Gasteiger partial charge >= 0.3 is 0 Å². The van der Waals surface area contributed by atoms with Crippen LogP contribution in [0.1, 0.15) is 43.2 Å². The van der Waals surface area contributed by atoms with Crippen LogP contribution < -0.4 is 5.32 Å². The lowest BCUT2D eigenvalue weighted by molar-refractivity contribution is -0.127. The molecule has 2 aliphatic rings. The normalized spacial score (nSPS) is 19.8. The van der Waals surface area contributed by atoms with Gasteiger partial charge in [0, 0.05) is 18.1 Å². The first-order valence-corrected chi connectivity index (χ1v) is 8.33. The summed E-state index contributed by atoms with van der Waals surface area (Å²) in [6, 6.07) is 8.70. The molecule has 2 aliphatic carbocycles. The lowest BCUT2D eigenvalue weighted by atomic mass is 9.75. The Morgan fingerprint density at radius 2 is 2.18 bits per heavy atom. The van der Waals surface area contributed by atoms with Crippen LogP contribution in [0, 0.1) is 6.92 Å². The van der Waals surface area contributed by atoms with E-state index >= 15 is 0 Å². The van der Waals surface area contributed by atoms with Crippen molar-refractivity contribution in [2.45, 2.75) is 57.2 Å². The van der Waals surface area contributed by atoms with E-state index in [1.807, 2.05) is 12.1 Å². The highest BCUT2D eigenvalue weighted by molar-refractivity contribution is 5.78. The predicted octanol–water partition coefficient (Wildman–Crippen LogP) is 1.99. The van der Waals surface area contributed by atoms with Gasteiger partial charge in [-0.25, -0.2) is 0 Å². The second-order valence-corrected chi connectivity index (χ2v) is 6.86. The van der Waals surface area contributed by atoms with Crippen molar-refractivity contribution in [3.8, 4) is 0 Å². The van der Waals surface area contributed by atoms with Crippen molar-refractivity contribution < 1.29 is 9.90 Å². The smallest absolute Gasteiger partial charge is 0.234 e. The minimum absolute atomic E-state index is 0.0631. The topological polar surface area (TPSA) is 52.6 Å². The number of aliphatic hydroxyl groups is 1. The second-order valence-electron chi connectivity index (χ2n) is 6.86. The Kier molecular flexibility index (Phi) is 4.50. The highest BCUT2D eigenvalue weighted by Gasteiger charge is 2.48. The number of benzene rings is 1. The van der Waals surface area contributed by atoms with Crippen molar-refractivity contribution in [3.05, 3.63) is 35.4 Å². The molecule has 0 spiro atoms.